The highest BCUT2D eigenvalue weighted by Gasteiger charge is 2.22. The van der Waals surface area contributed by atoms with Crippen LogP contribution in [0.1, 0.15) is 47.1 Å². The third-order valence-corrected chi connectivity index (χ3v) is 6.40. The van der Waals surface area contributed by atoms with Gasteiger partial charge in [0.2, 0.25) is 10.0 Å². The van der Waals surface area contributed by atoms with E-state index >= 15 is 0 Å². The van der Waals surface area contributed by atoms with Crippen molar-refractivity contribution >= 4 is 21.8 Å². The number of rotatable bonds is 7. The fourth-order valence-electron chi connectivity index (χ4n) is 2.66. The van der Waals surface area contributed by atoms with Crippen molar-refractivity contribution in [3.05, 3.63) is 65.2 Å². The van der Waals surface area contributed by atoms with Gasteiger partial charge < -0.3 is 0 Å². The van der Waals surface area contributed by atoms with Gasteiger partial charge in [-0.1, -0.05) is 39.0 Å². The maximum Gasteiger partial charge on any atom is 0.269 e. The van der Waals surface area contributed by atoms with Gasteiger partial charge in [0.1, 0.15) is 0 Å². The number of hydrazine groups is 1. The van der Waals surface area contributed by atoms with Crippen LogP contribution in [-0.4, -0.2) is 37.6 Å². The fourth-order valence-corrected chi connectivity index (χ4v) is 4.16. The molecule has 150 valence electrons. The van der Waals surface area contributed by atoms with E-state index in [1.165, 1.54) is 28.6 Å². The minimum atomic E-state index is -3.67. The molecule has 8 heteroatoms. The van der Waals surface area contributed by atoms with E-state index < -0.39 is 21.8 Å². The van der Waals surface area contributed by atoms with Gasteiger partial charge in [-0.3, -0.25) is 20.4 Å². The average molecular weight is 404 g/mol. The molecule has 0 spiro atoms. The number of aryl methyl sites for hydroxylation is 1. The van der Waals surface area contributed by atoms with Crippen LogP contribution in [-0.2, 0) is 16.4 Å². The SMILES string of the molecule is CCc1ccc(C(=O)NNC(=O)c2cccc(S(=O)(=O)N(CC)CC)c2)cc1. The predicted molar refractivity (Wildman–Crippen MR) is 107 cm³/mol. The largest absolute Gasteiger partial charge is 0.269 e. The Kier molecular flexibility index (Phi) is 7.31. The molecule has 2 aromatic carbocycles. The van der Waals surface area contributed by atoms with Gasteiger partial charge in [-0.25, -0.2) is 8.42 Å². The Bertz CT molecular complexity index is 936. The molecule has 0 aliphatic rings. The maximum absolute atomic E-state index is 12.6. The first-order chi connectivity index (χ1) is 13.3. The number of hydrogen-bond acceptors (Lipinski definition) is 4. The number of benzene rings is 2. The molecular weight excluding hydrogens is 378 g/mol. The molecule has 2 N–H and O–H groups in total. The Hall–Kier alpha value is -2.71. The molecule has 2 amide bonds. The van der Waals surface area contributed by atoms with Crippen LogP contribution in [0.15, 0.2) is 53.4 Å². The Morgan fingerprint density at radius 1 is 0.857 bits per heavy atom. The lowest BCUT2D eigenvalue weighted by Gasteiger charge is -2.18. The van der Waals surface area contributed by atoms with Crippen LogP contribution in [0.4, 0.5) is 0 Å². The number of carbonyl (C=O) groups excluding carboxylic acids is 2. The second kappa shape index (κ2) is 9.48. The second-order valence-electron chi connectivity index (χ2n) is 6.08. The highest BCUT2D eigenvalue weighted by atomic mass is 32.2. The highest BCUT2D eigenvalue weighted by Crippen LogP contribution is 2.17. The summed E-state index contributed by atoms with van der Waals surface area (Å²) in [6.07, 6.45) is 0.866. The zero-order chi connectivity index (χ0) is 20.7. The van der Waals surface area contributed by atoms with E-state index in [-0.39, 0.29) is 10.5 Å². The van der Waals surface area contributed by atoms with Gasteiger partial charge in [0.15, 0.2) is 0 Å². The summed E-state index contributed by atoms with van der Waals surface area (Å²) >= 11 is 0. The summed E-state index contributed by atoms with van der Waals surface area (Å²) in [5.74, 6) is -1.06. The number of hydrogen-bond donors (Lipinski definition) is 2. The lowest BCUT2D eigenvalue weighted by Crippen LogP contribution is -2.41. The van der Waals surface area contributed by atoms with Crippen molar-refractivity contribution in [2.24, 2.45) is 0 Å². The fraction of sp³-hybridized carbons (Fsp3) is 0.300. The maximum atomic E-state index is 12.6. The first kappa shape index (κ1) is 21.6. The Labute approximate surface area is 165 Å². The second-order valence-corrected chi connectivity index (χ2v) is 8.01. The van der Waals surface area contributed by atoms with Gasteiger partial charge in [0, 0.05) is 24.2 Å². The normalized spacial score (nSPS) is 11.3. The molecule has 0 aliphatic heterocycles. The van der Waals surface area contributed by atoms with Crippen LogP contribution in [0.2, 0.25) is 0 Å². The van der Waals surface area contributed by atoms with Crippen molar-refractivity contribution in [3.63, 3.8) is 0 Å². The quantitative estimate of drug-likeness (QED) is 0.694. The molecule has 0 radical (unpaired) electrons. The first-order valence-corrected chi connectivity index (χ1v) is 10.6. The molecule has 0 bridgehead atoms. The number of carbonyl (C=O) groups is 2. The summed E-state index contributed by atoms with van der Waals surface area (Å²) in [6.45, 7) is 6.19. The summed E-state index contributed by atoms with van der Waals surface area (Å²) in [4.78, 5) is 24.5. The molecule has 0 aliphatic carbocycles. The molecular formula is C20H25N3O4S. The molecule has 0 saturated carbocycles. The van der Waals surface area contributed by atoms with Gasteiger partial charge in [-0.15, -0.1) is 0 Å². The Morgan fingerprint density at radius 3 is 1.96 bits per heavy atom. The van der Waals surface area contributed by atoms with E-state index in [2.05, 4.69) is 10.9 Å². The lowest BCUT2D eigenvalue weighted by atomic mass is 10.1. The summed E-state index contributed by atoms with van der Waals surface area (Å²) < 4.78 is 26.5. The van der Waals surface area contributed by atoms with Gasteiger partial charge in [0.25, 0.3) is 11.8 Å². The van der Waals surface area contributed by atoms with Crippen molar-refractivity contribution < 1.29 is 18.0 Å². The topological polar surface area (TPSA) is 95.6 Å². The zero-order valence-electron chi connectivity index (χ0n) is 16.2. The third-order valence-electron chi connectivity index (χ3n) is 4.35. The molecule has 28 heavy (non-hydrogen) atoms. The predicted octanol–water partition coefficient (Wildman–Crippen LogP) is 2.35. The molecule has 2 aromatic rings. The van der Waals surface area contributed by atoms with Crippen LogP contribution in [0.5, 0.6) is 0 Å². The summed E-state index contributed by atoms with van der Waals surface area (Å²) in [6, 6.07) is 12.8. The third kappa shape index (κ3) is 4.96. The van der Waals surface area contributed by atoms with Crippen LogP contribution in [0.3, 0.4) is 0 Å². The molecule has 0 unspecified atom stereocenters. The minimum Gasteiger partial charge on any atom is -0.267 e. The van der Waals surface area contributed by atoms with Gasteiger partial charge in [-0.05, 0) is 42.3 Å². The smallest absolute Gasteiger partial charge is 0.267 e. The van der Waals surface area contributed by atoms with E-state index in [9.17, 15) is 18.0 Å². The number of nitrogens with one attached hydrogen (secondary N) is 2. The van der Waals surface area contributed by atoms with E-state index in [4.69, 9.17) is 0 Å². The van der Waals surface area contributed by atoms with Gasteiger partial charge >= 0.3 is 0 Å². The summed E-state index contributed by atoms with van der Waals surface area (Å²) in [5.41, 5.74) is 6.30. The molecule has 2 rings (SSSR count). The molecule has 7 nitrogen and oxygen atoms in total. The van der Waals surface area contributed by atoms with E-state index in [1.807, 2.05) is 19.1 Å². The average Bonchev–Trinajstić information content (AvgIpc) is 2.72. The van der Waals surface area contributed by atoms with Crippen molar-refractivity contribution in [2.45, 2.75) is 32.1 Å². The number of amides is 2. The number of nitrogens with zero attached hydrogens (tertiary/aromatic N) is 1. The molecule has 0 saturated heterocycles. The zero-order valence-corrected chi connectivity index (χ0v) is 17.0. The summed E-state index contributed by atoms with van der Waals surface area (Å²) in [5, 5.41) is 0. The monoisotopic (exact) mass is 403 g/mol. The molecule has 0 fully saturated rings. The first-order valence-electron chi connectivity index (χ1n) is 9.13. The highest BCUT2D eigenvalue weighted by molar-refractivity contribution is 7.89. The van der Waals surface area contributed by atoms with Gasteiger partial charge in [0.05, 0.1) is 4.90 Å². The standard InChI is InChI=1S/C20H25N3O4S/c1-4-15-10-12-16(13-11-15)19(24)21-22-20(25)17-8-7-9-18(14-17)28(26,27)23(5-2)6-3/h7-14H,4-6H2,1-3H3,(H,21,24)(H,22,25). The minimum absolute atomic E-state index is 0.0327. The van der Waals surface area contributed by atoms with Crippen LogP contribution < -0.4 is 10.9 Å². The lowest BCUT2D eigenvalue weighted by molar-refractivity contribution is 0.0846. The molecule has 0 heterocycles. The molecule has 0 aromatic heterocycles. The van der Waals surface area contributed by atoms with E-state index in [0.717, 1.165) is 12.0 Å². The van der Waals surface area contributed by atoms with Crippen molar-refractivity contribution in [2.75, 3.05) is 13.1 Å². The van der Waals surface area contributed by atoms with Crippen LogP contribution in [0, 0.1) is 0 Å². The summed E-state index contributed by atoms with van der Waals surface area (Å²) in [7, 11) is -3.67. The van der Waals surface area contributed by atoms with E-state index in [1.54, 1.807) is 26.0 Å². The number of sulfonamides is 1. The van der Waals surface area contributed by atoms with Crippen molar-refractivity contribution in [1.82, 2.24) is 15.2 Å². The van der Waals surface area contributed by atoms with Crippen LogP contribution >= 0.6 is 0 Å². The Balaban J connectivity index is 2.09. The van der Waals surface area contributed by atoms with Crippen molar-refractivity contribution in [3.8, 4) is 0 Å². The van der Waals surface area contributed by atoms with Crippen LogP contribution in [0.25, 0.3) is 0 Å². The van der Waals surface area contributed by atoms with Gasteiger partial charge in [-0.2, -0.15) is 4.31 Å². The molecule has 0 atom stereocenters. The Morgan fingerprint density at radius 2 is 1.43 bits per heavy atom. The van der Waals surface area contributed by atoms with Crippen molar-refractivity contribution in [1.29, 1.82) is 0 Å². The van der Waals surface area contributed by atoms with E-state index in [0.29, 0.717) is 18.7 Å².